The summed E-state index contributed by atoms with van der Waals surface area (Å²) >= 11 is 1.19. The molecule has 0 fully saturated rings. The van der Waals surface area contributed by atoms with E-state index in [1.54, 1.807) is 17.5 Å². The van der Waals surface area contributed by atoms with E-state index in [0.29, 0.717) is 10.5 Å². The van der Waals surface area contributed by atoms with Gasteiger partial charge in [0.25, 0.3) is 5.56 Å². The second kappa shape index (κ2) is 11.0. The molecule has 0 bridgehead atoms. The highest BCUT2D eigenvalue weighted by atomic mass is 32.1. The number of methoxy groups -OCH3 is 1. The molecule has 39 heavy (non-hydrogen) atoms. The molecule has 4 aromatic rings. The average Bonchev–Trinajstić information content (AvgIpc) is 3.34. The van der Waals surface area contributed by atoms with E-state index in [2.05, 4.69) is 9.72 Å². The van der Waals surface area contributed by atoms with Gasteiger partial charge in [0.15, 0.2) is 16.5 Å². The number of rotatable bonds is 8. The number of nitrogens with zero attached hydrogens (tertiary/aromatic N) is 2. The second-order valence-electron chi connectivity index (χ2n) is 8.27. The van der Waals surface area contributed by atoms with E-state index < -0.39 is 36.4 Å². The van der Waals surface area contributed by atoms with Gasteiger partial charge < -0.3 is 14.2 Å². The third-order valence-corrected chi connectivity index (χ3v) is 6.31. The molecule has 13 heteroatoms. The number of para-hydroxylation sites is 1. The third-order valence-electron chi connectivity index (χ3n) is 5.56. The first-order valence-electron chi connectivity index (χ1n) is 11.3. The number of ether oxygens (including phenoxy) is 3. The Hall–Kier alpha value is -4.00. The zero-order chi connectivity index (χ0) is 28.4. The average molecular weight is 571 g/mol. The van der Waals surface area contributed by atoms with Crippen LogP contribution in [0, 0.1) is 5.92 Å². The predicted molar refractivity (Wildman–Crippen MR) is 134 cm³/mol. The second-order valence-corrected chi connectivity index (χ2v) is 9.14. The molecule has 0 aliphatic heterocycles. The number of alkyl halides is 6. The van der Waals surface area contributed by atoms with Gasteiger partial charge in [-0.05, 0) is 35.9 Å². The van der Waals surface area contributed by atoms with Crippen molar-refractivity contribution < 1.29 is 40.6 Å². The van der Waals surface area contributed by atoms with Crippen molar-refractivity contribution in [2.24, 2.45) is 5.92 Å². The Balaban J connectivity index is 1.76. The molecule has 0 spiro atoms. The quantitative estimate of drug-likeness (QED) is 0.212. The summed E-state index contributed by atoms with van der Waals surface area (Å²) in [7, 11) is 1.35. The van der Waals surface area contributed by atoms with Crippen molar-refractivity contribution in [1.82, 2.24) is 9.38 Å². The van der Waals surface area contributed by atoms with Crippen LogP contribution in [-0.2, 0) is 0 Å². The summed E-state index contributed by atoms with van der Waals surface area (Å²) in [4.78, 5) is 18.2. The molecule has 0 aliphatic rings. The van der Waals surface area contributed by atoms with E-state index in [1.807, 2.05) is 0 Å². The summed E-state index contributed by atoms with van der Waals surface area (Å²) in [5, 5.41) is 1.65. The fraction of sp³-hybridized carbons (Fsp3) is 0.231. The van der Waals surface area contributed by atoms with Crippen molar-refractivity contribution in [1.29, 1.82) is 0 Å². The van der Waals surface area contributed by atoms with Crippen LogP contribution >= 0.6 is 11.3 Å². The van der Waals surface area contributed by atoms with Gasteiger partial charge in [-0.3, -0.25) is 9.20 Å². The first-order chi connectivity index (χ1) is 18.4. The standard InChI is InChI=1S/C26H20F6N2O4S/c1-15(25(27,28)29)14-37-22-17(4-3-5-20(22)36-2)8-11-19-21(23(35)34-12-13-39-24(34)33-19)16-6-9-18(10-7-16)38-26(30,31)32/h3-13,15H,14H2,1-2H3/b11-8+. The van der Waals surface area contributed by atoms with Gasteiger partial charge in [0.05, 0.1) is 30.9 Å². The van der Waals surface area contributed by atoms with Crippen LogP contribution in [0.2, 0.25) is 0 Å². The zero-order valence-corrected chi connectivity index (χ0v) is 21.2. The van der Waals surface area contributed by atoms with E-state index in [4.69, 9.17) is 9.47 Å². The van der Waals surface area contributed by atoms with Crippen molar-refractivity contribution in [3.05, 3.63) is 75.7 Å². The lowest BCUT2D eigenvalue weighted by atomic mass is 10.0. The van der Waals surface area contributed by atoms with Gasteiger partial charge >= 0.3 is 12.5 Å². The molecular weight excluding hydrogens is 550 g/mol. The van der Waals surface area contributed by atoms with Crippen LogP contribution in [0.3, 0.4) is 0 Å². The first kappa shape index (κ1) is 28.0. The van der Waals surface area contributed by atoms with Gasteiger partial charge in [0.2, 0.25) is 0 Å². The Bertz CT molecular complexity index is 1540. The lowest BCUT2D eigenvalue weighted by molar-refractivity contribution is -0.274. The number of hydrogen-bond acceptors (Lipinski definition) is 6. The van der Waals surface area contributed by atoms with Crippen molar-refractivity contribution in [2.75, 3.05) is 13.7 Å². The molecule has 0 saturated heterocycles. The van der Waals surface area contributed by atoms with Crippen molar-refractivity contribution in [3.63, 3.8) is 0 Å². The molecule has 0 N–H and O–H groups in total. The smallest absolute Gasteiger partial charge is 0.493 e. The monoisotopic (exact) mass is 570 g/mol. The number of hydrogen-bond donors (Lipinski definition) is 0. The van der Waals surface area contributed by atoms with E-state index >= 15 is 0 Å². The van der Waals surface area contributed by atoms with Crippen LogP contribution in [0.25, 0.3) is 28.2 Å². The molecule has 0 amide bonds. The summed E-state index contributed by atoms with van der Waals surface area (Å²) in [6.07, 6.45) is -4.82. The number of halogens is 6. The van der Waals surface area contributed by atoms with Crippen LogP contribution in [0.4, 0.5) is 26.3 Å². The fourth-order valence-electron chi connectivity index (χ4n) is 3.56. The minimum atomic E-state index is -4.87. The number of aromatic nitrogens is 2. The highest BCUT2D eigenvalue weighted by Crippen LogP contribution is 2.35. The van der Waals surface area contributed by atoms with Crippen LogP contribution in [0.15, 0.2) is 58.8 Å². The lowest BCUT2D eigenvalue weighted by Gasteiger charge is -2.18. The van der Waals surface area contributed by atoms with E-state index in [1.165, 1.54) is 59.4 Å². The predicted octanol–water partition coefficient (Wildman–Crippen LogP) is 7.08. The summed E-state index contributed by atoms with van der Waals surface area (Å²) < 4.78 is 92.8. The minimum absolute atomic E-state index is 0.0662. The van der Waals surface area contributed by atoms with Gasteiger partial charge in [0, 0.05) is 17.1 Å². The van der Waals surface area contributed by atoms with Crippen molar-refractivity contribution in [2.45, 2.75) is 19.5 Å². The largest absolute Gasteiger partial charge is 0.573 e. The normalized spacial score (nSPS) is 13.1. The van der Waals surface area contributed by atoms with E-state index in [9.17, 15) is 31.1 Å². The summed E-state index contributed by atoms with van der Waals surface area (Å²) in [5.74, 6) is -1.93. The van der Waals surface area contributed by atoms with Gasteiger partial charge in [-0.25, -0.2) is 4.98 Å². The molecule has 4 rings (SSSR count). The molecule has 1 atom stereocenters. The Kier molecular flexibility index (Phi) is 7.91. The molecule has 2 aromatic heterocycles. The fourth-order valence-corrected chi connectivity index (χ4v) is 4.28. The van der Waals surface area contributed by atoms with E-state index in [-0.39, 0.29) is 28.3 Å². The van der Waals surface area contributed by atoms with Gasteiger partial charge in [0.1, 0.15) is 5.75 Å². The molecule has 6 nitrogen and oxygen atoms in total. The first-order valence-corrected chi connectivity index (χ1v) is 12.2. The maximum Gasteiger partial charge on any atom is 0.573 e. The maximum atomic E-state index is 13.3. The molecule has 0 aliphatic carbocycles. The molecule has 2 aromatic carbocycles. The Morgan fingerprint density at radius 3 is 2.41 bits per heavy atom. The third kappa shape index (κ3) is 6.53. The van der Waals surface area contributed by atoms with Crippen LogP contribution < -0.4 is 19.8 Å². The Morgan fingerprint density at radius 1 is 1.05 bits per heavy atom. The molecular formula is C26H20F6N2O4S. The topological polar surface area (TPSA) is 62.1 Å². The molecule has 1 unspecified atom stereocenters. The number of benzene rings is 2. The zero-order valence-electron chi connectivity index (χ0n) is 20.3. The molecule has 206 valence electrons. The number of thiazole rings is 1. The van der Waals surface area contributed by atoms with Crippen LogP contribution in [0.5, 0.6) is 17.2 Å². The summed E-state index contributed by atoms with van der Waals surface area (Å²) in [5.41, 5.74) is 0.452. The summed E-state index contributed by atoms with van der Waals surface area (Å²) in [6.45, 7) is 0.346. The van der Waals surface area contributed by atoms with E-state index in [0.717, 1.165) is 19.1 Å². The molecule has 0 radical (unpaired) electrons. The van der Waals surface area contributed by atoms with Gasteiger partial charge in [-0.2, -0.15) is 13.2 Å². The van der Waals surface area contributed by atoms with Crippen LogP contribution in [0.1, 0.15) is 18.2 Å². The summed E-state index contributed by atoms with van der Waals surface area (Å²) in [6, 6.07) is 9.49. The lowest BCUT2D eigenvalue weighted by Crippen LogP contribution is -2.26. The minimum Gasteiger partial charge on any atom is -0.493 e. The highest BCUT2D eigenvalue weighted by molar-refractivity contribution is 7.15. The highest BCUT2D eigenvalue weighted by Gasteiger charge is 2.36. The Morgan fingerprint density at radius 2 is 1.77 bits per heavy atom. The number of fused-ring (bicyclic) bond motifs is 1. The van der Waals surface area contributed by atoms with Crippen molar-refractivity contribution >= 4 is 28.4 Å². The Labute approximate surface area is 221 Å². The van der Waals surface area contributed by atoms with Crippen LogP contribution in [-0.4, -0.2) is 35.6 Å². The SMILES string of the molecule is COc1cccc(/C=C/c2nc3sccn3c(=O)c2-c2ccc(OC(F)(F)F)cc2)c1OCC(C)C(F)(F)F. The maximum absolute atomic E-state index is 13.3. The molecule has 0 saturated carbocycles. The van der Waals surface area contributed by atoms with Crippen molar-refractivity contribution in [3.8, 4) is 28.4 Å². The van der Waals surface area contributed by atoms with Gasteiger partial charge in [-0.1, -0.05) is 31.2 Å². The van der Waals surface area contributed by atoms with Gasteiger partial charge in [-0.15, -0.1) is 24.5 Å². The molecule has 2 heterocycles.